The fourth-order valence-corrected chi connectivity index (χ4v) is 2.25. The van der Waals surface area contributed by atoms with Crippen molar-refractivity contribution in [3.05, 3.63) is 28.2 Å². The van der Waals surface area contributed by atoms with Gasteiger partial charge in [0.2, 0.25) is 0 Å². The predicted octanol–water partition coefficient (Wildman–Crippen LogP) is 3.79. The van der Waals surface area contributed by atoms with Gasteiger partial charge in [-0.05, 0) is 33.8 Å². The first kappa shape index (κ1) is 11.5. The van der Waals surface area contributed by atoms with Crippen LogP contribution in [0.3, 0.4) is 0 Å². The second-order valence-electron chi connectivity index (χ2n) is 3.29. The maximum absolute atomic E-state index is 4.49. The normalized spacial score (nSPS) is 10.4. The van der Waals surface area contributed by atoms with Gasteiger partial charge >= 0.3 is 0 Å². The first-order chi connectivity index (χ1) is 7.81. The van der Waals surface area contributed by atoms with Crippen LogP contribution in [0, 0.1) is 0 Å². The summed E-state index contributed by atoms with van der Waals surface area (Å²) in [7, 11) is 0. The molecule has 0 fully saturated rings. The van der Waals surface area contributed by atoms with E-state index in [-0.39, 0.29) is 0 Å². The highest BCUT2D eigenvalue weighted by Gasteiger charge is 2.06. The highest BCUT2D eigenvalue weighted by molar-refractivity contribution is 9.10. The average molecular weight is 298 g/mol. The molecule has 0 unspecified atom stereocenters. The quantitative estimate of drug-likeness (QED) is 0.933. The zero-order valence-corrected chi connectivity index (χ0v) is 11.3. The minimum atomic E-state index is 0.775. The lowest BCUT2D eigenvalue weighted by molar-refractivity contribution is 0.963. The molecule has 84 valence electrons. The summed E-state index contributed by atoms with van der Waals surface area (Å²) in [5.41, 5.74) is 0. The topological polar surface area (TPSA) is 37.8 Å². The van der Waals surface area contributed by atoms with Gasteiger partial charge in [-0.25, -0.2) is 9.97 Å². The molecular formula is C11H12BrN3S. The molecule has 0 bridgehead atoms. The smallest absolute Gasteiger partial charge is 0.171 e. The van der Waals surface area contributed by atoms with E-state index >= 15 is 0 Å². The fourth-order valence-electron chi connectivity index (χ4n) is 1.26. The van der Waals surface area contributed by atoms with E-state index < -0.39 is 0 Å². The molecule has 5 heteroatoms. The van der Waals surface area contributed by atoms with Crippen LogP contribution in [0.25, 0.3) is 10.7 Å². The second-order valence-corrected chi connectivity index (χ2v) is 5.10. The molecule has 0 radical (unpaired) electrons. The Bertz CT molecular complexity index is 456. The van der Waals surface area contributed by atoms with Gasteiger partial charge in [0.25, 0.3) is 0 Å². The number of nitrogens with one attached hydrogen (secondary N) is 1. The zero-order valence-electron chi connectivity index (χ0n) is 8.90. The maximum atomic E-state index is 4.49. The Morgan fingerprint density at radius 3 is 3.06 bits per heavy atom. The molecule has 2 aromatic heterocycles. The summed E-state index contributed by atoms with van der Waals surface area (Å²) in [6, 6.07) is 4.03. The molecule has 2 aromatic rings. The number of thiophene rings is 1. The number of nitrogens with zero attached hydrogens (tertiary/aromatic N) is 2. The Hall–Kier alpha value is -0.940. The van der Waals surface area contributed by atoms with Crippen LogP contribution in [0.5, 0.6) is 0 Å². The summed E-state index contributed by atoms with van der Waals surface area (Å²) in [5, 5.41) is 5.30. The van der Waals surface area contributed by atoms with Gasteiger partial charge in [-0.2, -0.15) is 0 Å². The molecule has 0 aliphatic rings. The summed E-state index contributed by atoms with van der Waals surface area (Å²) in [6.45, 7) is 3.04. The Kier molecular flexibility index (Phi) is 3.90. The average Bonchev–Trinajstić information content (AvgIpc) is 2.81. The molecule has 0 aliphatic heterocycles. The van der Waals surface area contributed by atoms with Gasteiger partial charge in [-0.15, -0.1) is 11.3 Å². The van der Waals surface area contributed by atoms with E-state index in [0.29, 0.717) is 0 Å². The van der Waals surface area contributed by atoms with Crippen LogP contribution in [-0.4, -0.2) is 16.5 Å². The minimum absolute atomic E-state index is 0.775. The lowest BCUT2D eigenvalue weighted by atomic mass is 10.4. The standard InChI is InChI=1S/C11H12BrN3S/c1-2-5-13-10-8(12)7-14-11(15-10)9-4-3-6-16-9/h3-4,6-7H,2,5H2,1H3,(H,13,14,15). The van der Waals surface area contributed by atoms with Crippen LogP contribution in [0.2, 0.25) is 0 Å². The molecule has 16 heavy (non-hydrogen) atoms. The van der Waals surface area contributed by atoms with Gasteiger partial charge in [0.15, 0.2) is 5.82 Å². The Morgan fingerprint density at radius 2 is 2.38 bits per heavy atom. The van der Waals surface area contributed by atoms with E-state index in [0.717, 1.165) is 34.0 Å². The Balaban J connectivity index is 2.28. The van der Waals surface area contributed by atoms with Crippen molar-refractivity contribution in [1.82, 2.24) is 9.97 Å². The van der Waals surface area contributed by atoms with Crippen molar-refractivity contribution in [2.75, 3.05) is 11.9 Å². The highest BCUT2D eigenvalue weighted by Crippen LogP contribution is 2.25. The molecule has 0 saturated heterocycles. The van der Waals surface area contributed by atoms with Crippen molar-refractivity contribution >= 4 is 33.1 Å². The van der Waals surface area contributed by atoms with E-state index in [2.05, 4.69) is 38.1 Å². The number of hydrogen-bond donors (Lipinski definition) is 1. The molecular weight excluding hydrogens is 286 g/mol. The van der Waals surface area contributed by atoms with E-state index in [1.807, 2.05) is 17.5 Å². The van der Waals surface area contributed by atoms with Crippen molar-refractivity contribution in [3.8, 4) is 10.7 Å². The first-order valence-corrected chi connectivity index (χ1v) is 6.79. The number of halogens is 1. The van der Waals surface area contributed by atoms with E-state index in [1.165, 1.54) is 0 Å². The highest BCUT2D eigenvalue weighted by atomic mass is 79.9. The molecule has 0 aliphatic carbocycles. The zero-order chi connectivity index (χ0) is 11.4. The van der Waals surface area contributed by atoms with Gasteiger partial charge in [0.05, 0.1) is 9.35 Å². The maximum Gasteiger partial charge on any atom is 0.171 e. The van der Waals surface area contributed by atoms with Gasteiger partial charge in [-0.3, -0.25) is 0 Å². The third kappa shape index (κ3) is 2.59. The largest absolute Gasteiger partial charge is 0.369 e. The van der Waals surface area contributed by atoms with Crippen LogP contribution in [0.15, 0.2) is 28.2 Å². The predicted molar refractivity (Wildman–Crippen MR) is 71.8 cm³/mol. The van der Waals surface area contributed by atoms with Crippen LogP contribution in [0.1, 0.15) is 13.3 Å². The van der Waals surface area contributed by atoms with Crippen molar-refractivity contribution in [1.29, 1.82) is 0 Å². The minimum Gasteiger partial charge on any atom is -0.369 e. The van der Waals surface area contributed by atoms with Crippen LogP contribution in [0.4, 0.5) is 5.82 Å². The summed E-state index contributed by atoms with van der Waals surface area (Å²) in [5.74, 6) is 1.64. The molecule has 3 nitrogen and oxygen atoms in total. The van der Waals surface area contributed by atoms with Crippen molar-refractivity contribution in [2.45, 2.75) is 13.3 Å². The number of rotatable bonds is 4. The molecule has 1 N–H and O–H groups in total. The van der Waals surface area contributed by atoms with E-state index in [4.69, 9.17) is 0 Å². The van der Waals surface area contributed by atoms with Crippen molar-refractivity contribution in [3.63, 3.8) is 0 Å². The Labute approximate surface area is 107 Å². The molecule has 2 rings (SSSR count). The fraction of sp³-hybridized carbons (Fsp3) is 0.273. The van der Waals surface area contributed by atoms with Crippen molar-refractivity contribution in [2.24, 2.45) is 0 Å². The summed E-state index contributed by atoms with van der Waals surface area (Å²) in [6.07, 6.45) is 2.87. The number of hydrogen-bond acceptors (Lipinski definition) is 4. The summed E-state index contributed by atoms with van der Waals surface area (Å²) in [4.78, 5) is 9.89. The first-order valence-electron chi connectivity index (χ1n) is 5.11. The van der Waals surface area contributed by atoms with E-state index in [9.17, 15) is 0 Å². The SMILES string of the molecule is CCCNc1nc(-c2cccs2)ncc1Br. The molecule has 0 spiro atoms. The molecule has 0 atom stereocenters. The molecule has 0 saturated carbocycles. The Morgan fingerprint density at radius 1 is 1.50 bits per heavy atom. The van der Waals surface area contributed by atoms with Gasteiger partial charge in [0, 0.05) is 12.7 Å². The van der Waals surface area contributed by atoms with Crippen LogP contribution < -0.4 is 5.32 Å². The lowest BCUT2D eigenvalue weighted by Crippen LogP contribution is -2.04. The third-order valence-corrected chi connectivity index (χ3v) is 3.47. The van der Waals surface area contributed by atoms with Gasteiger partial charge in [0.1, 0.15) is 5.82 Å². The number of anilines is 1. The van der Waals surface area contributed by atoms with Crippen molar-refractivity contribution < 1.29 is 0 Å². The lowest BCUT2D eigenvalue weighted by Gasteiger charge is -2.06. The van der Waals surface area contributed by atoms with Gasteiger partial charge in [-0.1, -0.05) is 13.0 Å². The number of aromatic nitrogens is 2. The molecule has 0 amide bonds. The second kappa shape index (κ2) is 5.41. The van der Waals surface area contributed by atoms with Gasteiger partial charge < -0.3 is 5.32 Å². The molecule has 0 aromatic carbocycles. The summed E-state index contributed by atoms with van der Waals surface area (Å²) < 4.78 is 0.904. The van der Waals surface area contributed by atoms with E-state index in [1.54, 1.807) is 17.5 Å². The monoisotopic (exact) mass is 297 g/mol. The van der Waals surface area contributed by atoms with Crippen LogP contribution in [-0.2, 0) is 0 Å². The van der Waals surface area contributed by atoms with Crippen LogP contribution >= 0.6 is 27.3 Å². The molecule has 2 heterocycles. The third-order valence-electron chi connectivity index (χ3n) is 2.03. The summed E-state index contributed by atoms with van der Waals surface area (Å²) >= 11 is 5.09.